The van der Waals surface area contributed by atoms with Crippen LogP contribution in [-0.2, 0) is 29.1 Å². The van der Waals surface area contributed by atoms with Gasteiger partial charge in [-0.1, -0.05) is 0 Å². The highest BCUT2D eigenvalue weighted by atomic mass is 32.2. The molecular weight excluding hydrogens is 492 g/mol. The van der Waals surface area contributed by atoms with Crippen molar-refractivity contribution in [1.29, 1.82) is 0 Å². The number of carbonyl (C=O) groups is 2. The molecule has 0 bridgehead atoms. The van der Waals surface area contributed by atoms with Crippen molar-refractivity contribution in [2.75, 3.05) is 43.2 Å². The summed E-state index contributed by atoms with van der Waals surface area (Å²) in [6.45, 7) is 0.372. The summed E-state index contributed by atoms with van der Waals surface area (Å²) >= 11 is 0.705. The molecule has 14 nitrogen and oxygen atoms in total. The second kappa shape index (κ2) is 12.0. The van der Waals surface area contributed by atoms with E-state index in [0.717, 1.165) is 12.5 Å². The summed E-state index contributed by atoms with van der Waals surface area (Å²) in [6.07, 6.45) is 2.04. The Bertz CT molecular complexity index is 1160. The Balaban J connectivity index is 2.38. The van der Waals surface area contributed by atoms with Crippen molar-refractivity contribution in [2.45, 2.75) is 12.8 Å². The van der Waals surface area contributed by atoms with Gasteiger partial charge in [-0.15, -0.1) is 10.2 Å². The highest BCUT2D eigenvalue weighted by Crippen LogP contribution is 2.34. The van der Waals surface area contributed by atoms with E-state index in [-0.39, 0.29) is 47.4 Å². The molecule has 1 aromatic carbocycles. The third kappa shape index (κ3) is 8.36. The van der Waals surface area contributed by atoms with Crippen LogP contribution in [0.4, 0.5) is 27.2 Å². The molecule has 2 rings (SSSR count). The topological polar surface area (TPSA) is 183 Å². The summed E-state index contributed by atoms with van der Waals surface area (Å²) < 4.78 is 35.4. The van der Waals surface area contributed by atoms with E-state index in [1.54, 1.807) is 11.0 Å². The van der Waals surface area contributed by atoms with Crippen LogP contribution < -0.4 is 9.62 Å². The first-order valence-corrected chi connectivity index (χ1v) is 12.3. The Morgan fingerprint density at radius 1 is 1.18 bits per heavy atom. The Labute approximate surface area is 198 Å². The molecule has 0 fully saturated rings. The van der Waals surface area contributed by atoms with Gasteiger partial charge in [-0.25, -0.2) is 13.4 Å². The van der Waals surface area contributed by atoms with Crippen LogP contribution in [-0.4, -0.2) is 63.8 Å². The molecule has 0 saturated carbocycles. The third-order valence-corrected chi connectivity index (χ3v) is 5.60. The molecule has 0 saturated heterocycles. The number of azo groups is 1. The van der Waals surface area contributed by atoms with Gasteiger partial charge in [0.2, 0.25) is 15.2 Å². The molecule has 2 aromatic rings. The van der Waals surface area contributed by atoms with Crippen molar-refractivity contribution in [3.63, 3.8) is 0 Å². The van der Waals surface area contributed by atoms with Crippen LogP contribution in [0.3, 0.4) is 0 Å². The molecule has 34 heavy (non-hydrogen) atoms. The predicted octanol–water partition coefficient (Wildman–Crippen LogP) is 2.77. The number of carbonyl (C=O) groups excluding carboxylic acids is 2. The van der Waals surface area contributed by atoms with E-state index >= 15 is 0 Å². The van der Waals surface area contributed by atoms with Crippen LogP contribution in [0.5, 0.6) is 0 Å². The van der Waals surface area contributed by atoms with E-state index in [1.807, 2.05) is 0 Å². The first-order valence-electron chi connectivity index (χ1n) is 9.54. The first kappa shape index (κ1) is 26.6. The number of aromatic nitrogens is 1. The Morgan fingerprint density at radius 3 is 2.29 bits per heavy atom. The van der Waals surface area contributed by atoms with Crippen molar-refractivity contribution in [3.8, 4) is 0 Å². The summed E-state index contributed by atoms with van der Waals surface area (Å²) in [5.74, 6) is -0.916. The standard InChI is InChI=1S/C18H22N6O8S2/c1-31-16(25)6-8-23(9-7-17(26)32-2)12-4-5-13(14(10-12)22-34(3,29)30)20-21-18-19-11-15(33-18)24(27)28/h4-5,10-11,22H,6-9H2,1-3H3. The van der Waals surface area contributed by atoms with Crippen molar-refractivity contribution in [2.24, 2.45) is 10.2 Å². The molecule has 0 spiro atoms. The fourth-order valence-electron chi connectivity index (χ4n) is 2.60. The van der Waals surface area contributed by atoms with Gasteiger partial charge in [0.25, 0.3) is 0 Å². The lowest BCUT2D eigenvalue weighted by Gasteiger charge is -2.25. The van der Waals surface area contributed by atoms with Gasteiger partial charge in [0.1, 0.15) is 11.9 Å². The quantitative estimate of drug-likeness (QED) is 0.191. The van der Waals surface area contributed by atoms with Crippen molar-refractivity contribution < 1.29 is 32.4 Å². The molecular formula is C18H22N6O8S2. The maximum atomic E-state index is 11.9. The number of hydrogen-bond acceptors (Lipinski definition) is 13. The Morgan fingerprint density at radius 2 is 1.79 bits per heavy atom. The zero-order chi connectivity index (χ0) is 25.3. The average Bonchev–Trinajstić information content (AvgIpc) is 3.26. The van der Waals surface area contributed by atoms with Gasteiger partial charge in [0.05, 0.1) is 43.9 Å². The molecule has 184 valence electrons. The molecule has 0 aliphatic heterocycles. The fourth-order valence-corrected chi connectivity index (χ4v) is 3.72. The lowest BCUT2D eigenvalue weighted by atomic mass is 10.2. The van der Waals surface area contributed by atoms with Gasteiger partial charge in [0, 0.05) is 18.8 Å². The van der Waals surface area contributed by atoms with Gasteiger partial charge in [0.15, 0.2) is 0 Å². The molecule has 1 aromatic heterocycles. The summed E-state index contributed by atoms with van der Waals surface area (Å²) in [4.78, 5) is 38.9. The lowest BCUT2D eigenvalue weighted by Crippen LogP contribution is -2.29. The number of esters is 2. The maximum Gasteiger partial charge on any atom is 0.345 e. The van der Waals surface area contributed by atoms with Gasteiger partial charge in [-0.2, -0.15) is 0 Å². The molecule has 0 atom stereocenters. The molecule has 0 amide bonds. The summed E-state index contributed by atoms with van der Waals surface area (Å²) in [5.41, 5.74) is 0.673. The monoisotopic (exact) mass is 514 g/mol. The molecule has 1 N–H and O–H groups in total. The highest BCUT2D eigenvalue weighted by Gasteiger charge is 2.16. The first-order chi connectivity index (χ1) is 16.0. The van der Waals surface area contributed by atoms with E-state index in [9.17, 15) is 28.1 Å². The minimum Gasteiger partial charge on any atom is -0.469 e. The number of hydrogen-bond donors (Lipinski definition) is 1. The number of methoxy groups -OCH3 is 2. The third-order valence-electron chi connectivity index (χ3n) is 4.17. The van der Waals surface area contributed by atoms with Gasteiger partial charge < -0.3 is 14.4 Å². The molecule has 0 radical (unpaired) electrons. The number of anilines is 2. The number of sulfonamides is 1. The number of thiazole rings is 1. The number of nitrogens with zero attached hydrogens (tertiary/aromatic N) is 5. The molecule has 0 aliphatic rings. The van der Waals surface area contributed by atoms with Crippen LogP contribution in [0.15, 0.2) is 34.6 Å². The number of nitrogens with one attached hydrogen (secondary N) is 1. The van der Waals surface area contributed by atoms with Crippen molar-refractivity contribution >= 4 is 60.5 Å². The average molecular weight is 515 g/mol. The lowest BCUT2D eigenvalue weighted by molar-refractivity contribution is -0.380. The van der Waals surface area contributed by atoms with Gasteiger partial charge in [-0.05, 0) is 29.5 Å². The van der Waals surface area contributed by atoms with Crippen LogP contribution in [0.2, 0.25) is 0 Å². The van der Waals surface area contributed by atoms with Crippen molar-refractivity contribution in [1.82, 2.24) is 4.98 Å². The molecule has 0 aliphatic carbocycles. The Kier molecular flexibility index (Phi) is 9.37. The second-order valence-corrected chi connectivity index (χ2v) is 9.39. The van der Waals surface area contributed by atoms with Gasteiger partial charge >= 0.3 is 16.9 Å². The van der Waals surface area contributed by atoms with E-state index < -0.39 is 26.9 Å². The van der Waals surface area contributed by atoms with Crippen LogP contribution in [0.1, 0.15) is 12.8 Å². The fraction of sp³-hybridized carbons (Fsp3) is 0.389. The number of nitro groups is 1. The summed E-state index contributed by atoms with van der Waals surface area (Å²) in [7, 11) is -1.20. The van der Waals surface area contributed by atoms with Crippen LogP contribution in [0, 0.1) is 10.1 Å². The van der Waals surface area contributed by atoms with Crippen LogP contribution in [0.25, 0.3) is 0 Å². The minimum atomic E-state index is -3.71. The minimum absolute atomic E-state index is 0.0128. The molecule has 1 heterocycles. The zero-order valence-electron chi connectivity index (χ0n) is 18.5. The second-order valence-electron chi connectivity index (χ2n) is 6.65. The molecule has 0 unspecified atom stereocenters. The van der Waals surface area contributed by atoms with Gasteiger partial charge in [-0.3, -0.25) is 24.4 Å². The summed E-state index contributed by atoms with van der Waals surface area (Å²) in [6, 6.07) is 4.53. The zero-order valence-corrected chi connectivity index (χ0v) is 20.1. The Hall–Kier alpha value is -3.66. The van der Waals surface area contributed by atoms with E-state index in [4.69, 9.17) is 0 Å². The van der Waals surface area contributed by atoms with Crippen LogP contribution >= 0.6 is 11.3 Å². The van der Waals surface area contributed by atoms with E-state index in [2.05, 4.69) is 29.4 Å². The van der Waals surface area contributed by atoms with E-state index in [0.29, 0.717) is 17.0 Å². The smallest absolute Gasteiger partial charge is 0.345 e. The number of benzene rings is 1. The molecule has 16 heteroatoms. The maximum absolute atomic E-state index is 11.9. The SMILES string of the molecule is COC(=O)CCN(CCC(=O)OC)c1ccc(N=Nc2ncc([N+](=O)[O-])s2)c(NS(C)(=O)=O)c1. The highest BCUT2D eigenvalue weighted by molar-refractivity contribution is 7.92. The summed E-state index contributed by atoms with van der Waals surface area (Å²) in [5, 5.41) is 18.4. The normalized spacial score (nSPS) is 11.3. The number of ether oxygens (including phenoxy) is 2. The predicted molar refractivity (Wildman–Crippen MR) is 123 cm³/mol. The van der Waals surface area contributed by atoms with E-state index in [1.165, 1.54) is 26.4 Å². The largest absolute Gasteiger partial charge is 0.469 e. The van der Waals surface area contributed by atoms with Crippen molar-refractivity contribution in [3.05, 3.63) is 34.5 Å². The number of rotatable bonds is 12.